The smallest absolute Gasteiger partial charge is 0.258 e. The van der Waals surface area contributed by atoms with Crippen LogP contribution in [0.2, 0.25) is 5.02 Å². The summed E-state index contributed by atoms with van der Waals surface area (Å²) in [6.45, 7) is 3.66. The predicted octanol–water partition coefficient (Wildman–Crippen LogP) is 5.36. The Bertz CT molecular complexity index is 1200. The van der Waals surface area contributed by atoms with Crippen LogP contribution < -0.4 is 10.6 Å². The maximum absolute atomic E-state index is 12.9. The molecule has 174 valence electrons. The third-order valence-corrected chi connectivity index (χ3v) is 5.95. The number of benzene rings is 2. The standard InChI is InChI=1S/C26H26ClN5O2/c1-17-5-11-22(21(15-17)26(34)31-23-12-10-20(27)16-29-23)30-25(33)19-8-6-18(7-9-19)24(28)32-13-3-2-4-14-32/h5-12,15-16,28H,2-4,13-14H2,1H3,(H,30,33)(H,29,31,34). The van der Waals surface area contributed by atoms with Gasteiger partial charge in [-0.3, -0.25) is 15.0 Å². The van der Waals surface area contributed by atoms with Gasteiger partial charge < -0.3 is 15.5 Å². The van der Waals surface area contributed by atoms with E-state index in [0.717, 1.165) is 37.1 Å². The van der Waals surface area contributed by atoms with Crippen molar-refractivity contribution >= 4 is 40.8 Å². The maximum atomic E-state index is 12.9. The highest BCUT2D eigenvalue weighted by Crippen LogP contribution is 2.21. The van der Waals surface area contributed by atoms with Crippen molar-refractivity contribution in [3.63, 3.8) is 0 Å². The summed E-state index contributed by atoms with van der Waals surface area (Å²) in [5, 5.41) is 14.5. The topological polar surface area (TPSA) is 98.2 Å². The molecule has 0 saturated carbocycles. The molecular formula is C26H26ClN5O2. The van der Waals surface area contributed by atoms with Crippen LogP contribution in [0.4, 0.5) is 11.5 Å². The zero-order chi connectivity index (χ0) is 24.1. The van der Waals surface area contributed by atoms with Gasteiger partial charge in [-0.1, -0.05) is 35.4 Å². The Hall–Kier alpha value is -3.71. The number of pyridine rings is 1. The molecule has 2 heterocycles. The van der Waals surface area contributed by atoms with Gasteiger partial charge in [0.2, 0.25) is 0 Å². The zero-order valence-electron chi connectivity index (χ0n) is 18.9. The number of halogens is 1. The van der Waals surface area contributed by atoms with Gasteiger partial charge in [-0.05, 0) is 62.6 Å². The van der Waals surface area contributed by atoms with Crippen LogP contribution >= 0.6 is 11.6 Å². The number of nitrogens with one attached hydrogen (secondary N) is 3. The Labute approximate surface area is 203 Å². The highest BCUT2D eigenvalue weighted by molar-refractivity contribution is 6.30. The number of hydrogen-bond donors (Lipinski definition) is 3. The van der Waals surface area contributed by atoms with E-state index in [9.17, 15) is 9.59 Å². The van der Waals surface area contributed by atoms with Gasteiger partial charge in [0.05, 0.1) is 16.3 Å². The molecule has 0 spiro atoms. The van der Waals surface area contributed by atoms with Crippen molar-refractivity contribution in [3.05, 3.63) is 88.1 Å². The molecular weight excluding hydrogens is 450 g/mol. The highest BCUT2D eigenvalue weighted by Gasteiger charge is 2.18. The number of nitrogens with zero attached hydrogens (tertiary/aromatic N) is 2. The number of aromatic nitrogens is 1. The molecule has 4 rings (SSSR count). The third-order valence-electron chi connectivity index (χ3n) is 5.73. The lowest BCUT2D eigenvalue weighted by Crippen LogP contribution is -2.35. The van der Waals surface area contributed by atoms with Gasteiger partial charge in [0.25, 0.3) is 11.8 Å². The van der Waals surface area contributed by atoms with Crippen LogP contribution in [-0.2, 0) is 0 Å². The van der Waals surface area contributed by atoms with E-state index in [1.54, 1.807) is 48.5 Å². The van der Waals surface area contributed by atoms with Crippen LogP contribution in [0, 0.1) is 12.3 Å². The fourth-order valence-electron chi connectivity index (χ4n) is 3.86. The van der Waals surface area contributed by atoms with Crippen LogP contribution in [0.5, 0.6) is 0 Å². The van der Waals surface area contributed by atoms with E-state index < -0.39 is 0 Å². The summed E-state index contributed by atoms with van der Waals surface area (Å²) in [4.78, 5) is 32.0. The number of amidine groups is 1. The van der Waals surface area contributed by atoms with Crippen molar-refractivity contribution in [2.24, 2.45) is 0 Å². The lowest BCUT2D eigenvalue weighted by Gasteiger charge is -2.29. The molecule has 0 unspecified atom stereocenters. The Morgan fingerprint density at radius 3 is 2.29 bits per heavy atom. The number of amides is 2. The van der Waals surface area contributed by atoms with E-state index in [1.165, 1.54) is 12.6 Å². The van der Waals surface area contributed by atoms with E-state index >= 15 is 0 Å². The van der Waals surface area contributed by atoms with Gasteiger partial charge in [0.1, 0.15) is 11.7 Å². The molecule has 1 aliphatic heterocycles. The van der Waals surface area contributed by atoms with Crippen molar-refractivity contribution in [2.45, 2.75) is 26.2 Å². The second-order valence-corrected chi connectivity index (χ2v) is 8.73. The van der Waals surface area contributed by atoms with Crippen LogP contribution in [-0.4, -0.2) is 40.6 Å². The summed E-state index contributed by atoms with van der Waals surface area (Å²) in [5.74, 6) is 0.123. The van der Waals surface area contributed by atoms with Gasteiger partial charge in [0, 0.05) is 30.4 Å². The minimum Gasteiger partial charge on any atom is -0.357 e. The SMILES string of the molecule is Cc1ccc(NC(=O)c2ccc(C(=N)N3CCCCC3)cc2)c(C(=O)Nc2ccc(Cl)cn2)c1. The lowest BCUT2D eigenvalue weighted by atomic mass is 10.1. The molecule has 3 N–H and O–H groups in total. The summed E-state index contributed by atoms with van der Waals surface area (Å²) in [6, 6.07) is 15.5. The average Bonchev–Trinajstić information content (AvgIpc) is 2.86. The second-order valence-electron chi connectivity index (χ2n) is 8.29. The monoisotopic (exact) mass is 475 g/mol. The first-order valence-electron chi connectivity index (χ1n) is 11.2. The van der Waals surface area contributed by atoms with Gasteiger partial charge in [-0.2, -0.15) is 0 Å². The van der Waals surface area contributed by atoms with Gasteiger partial charge in [-0.25, -0.2) is 4.98 Å². The molecule has 3 aromatic rings. The first-order valence-corrected chi connectivity index (χ1v) is 11.6. The minimum atomic E-state index is -0.390. The Balaban J connectivity index is 1.47. The van der Waals surface area contributed by atoms with E-state index in [4.69, 9.17) is 17.0 Å². The predicted molar refractivity (Wildman–Crippen MR) is 135 cm³/mol. The molecule has 0 bridgehead atoms. The molecule has 1 aromatic heterocycles. The molecule has 0 radical (unpaired) electrons. The highest BCUT2D eigenvalue weighted by atomic mass is 35.5. The molecule has 1 fully saturated rings. The fourth-order valence-corrected chi connectivity index (χ4v) is 3.97. The third kappa shape index (κ3) is 5.61. The van der Waals surface area contributed by atoms with Crippen LogP contribution in [0.15, 0.2) is 60.8 Å². The first kappa shape index (κ1) is 23.4. The molecule has 0 aliphatic carbocycles. The van der Waals surface area contributed by atoms with Gasteiger partial charge in [-0.15, -0.1) is 0 Å². The quantitative estimate of drug-likeness (QED) is 0.341. The van der Waals surface area contributed by atoms with E-state index in [0.29, 0.717) is 33.5 Å². The molecule has 2 amide bonds. The largest absolute Gasteiger partial charge is 0.357 e. The minimum absolute atomic E-state index is 0.327. The van der Waals surface area contributed by atoms with E-state index in [2.05, 4.69) is 20.5 Å². The Morgan fingerprint density at radius 2 is 1.62 bits per heavy atom. The van der Waals surface area contributed by atoms with Gasteiger partial charge >= 0.3 is 0 Å². The van der Waals surface area contributed by atoms with Crippen molar-refractivity contribution in [1.82, 2.24) is 9.88 Å². The molecule has 34 heavy (non-hydrogen) atoms. The van der Waals surface area contributed by atoms with Gasteiger partial charge in [0.15, 0.2) is 0 Å². The Kier molecular flexibility index (Phi) is 7.23. The average molecular weight is 476 g/mol. The molecule has 1 saturated heterocycles. The zero-order valence-corrected chi connectivity index (χ0v) is 19.7. The van der Waals surface area contributed by atoms with Crippen molar-refractivity contribution in [3.8, 4) is 0 Å². The van der Waals surface area contributed by atoms with E-state index in [1.807, 2.05) is 13.0 Å². The maximum Gasteiger partial charge on any atom is 0.258 e. The number of anilines is 2. The van der Waals surface area contributed by atoms with E-state index in [-0.39, 0.29) is 11.8 Å². The van der Waals surface area contributed by atoms with Crippen LogP contribution in [0.25, 0.3) is 0 Å². The second kappa shape index (κ2) is 10.5. The van der Waals surface area contributed by atoms with Crippen LogP contribution in [0.1, 0.15) is 51.1 Å². The molecule has 2 aromatic carbocycles. The first-order chi connectivity index (χ1) is 16.4. The van der Waals surface area contributed by atoms with Crippen molar-refractivity contribution in [2.75, 3.05) is 23.7 Å². The molecule has 0 atom stereocenters. The van der Waals surface area contributed by atoms with Crippen molar-refractivity contribution < 1.29 is 9.59 Å². The number of carbonyl (C=O) groups is 2. The number of piperidine rings is 1. The molecule has 8 heteroatoms. The number of hydrogen-bond acceptors (Lipinski definition) is 4. The normalized spacial score (nSPS) is 13.3. The Morgan fingerprint density at radius 1 is 0.912 bits per heavy atom. The number of aryl methyl sites for hydroxylation is 1. The lowest BCUT2D eigenvalue weighted by molar-refractivity contribution is 0.102. The summed E-state index contributed by atoms with van der Waals surface area (Å²) in [6.07, 6.45) is 4.86. The van der Waals surface area contributed by atoms with Crippen molar-refractivity contribution in [1.29, 1.82) is 5.41 Å². The number of likely N-dealkylation sites (tertiary alicyclic amines) is 1. The number of carbonyl (C=O) groups excluding carboxylic acids is 2. The summed E-state index contributed by atoms with van der Waals surface area (Å²) in [5.41, 5.74) is 2.83. The summed E-state index contributed by atoms with van der Waals surface area (Å²) >= 11 is 5.86. The summed E-state index contributed by atoms with van der Waals surface area (Å²) in [7, 11) is 0. The number of rotatable bonds is 5. The molecule has 7 nitrogen and oxygen atoms in total. The van der Waals surface area contributed by atoms with Crippen LogP contribution in [0.3, 0.4) is 0 Å². The summed E-state index contributed by atoms with van der Waals surface area (Å²) < 4.78 is 0. The molecule has 1 aliphatic rings. The fraction of sp³-hybridized carbons (Fsp3) is 0.231.